The molecule has 2 nitrogen and oxygen atoms in total. The van der Waals surface area contributed by atoms with Gasteiger partial charge in [0.2, 0.25) is 5.12 Å². The normalized spacial score (nSPS) is 37.3. The van der Waals surface area contributed by atoms with Crippen LogP contribution in [0.2, 0.25) is 0 Å². The number of rotatable bonds is 0. The van der Waals surface area contributed by atoms with Crippen LogP contribution >= 0.6 is 11.8 Å². The summed E-state index contributed by atoms with van der Waals surface area (Å²) in [4.78, 5) is 13.6. The molecule has 3 heteroatoms. The fourth-order valence-corrected chi connectivity index (χ4v) is 4.98. The second kappa shape index (κ2) is 3.61. The molecule has 1 aliphatic carbocycles. The Kier molecular flexibility index (Phi) is 2.22. The molecule has 1 aromatic carbocycles. The van der Waals surface area contributed by atoms with Crippen molar-refractivity contribution in [2.24, 2.45) is 5.92 Å². The summed E-state index contributed by atoms with van der Waals surface area (Å²) >= 11 is 1.39. The van der Waals surface area contributed by atoms with E-state index in [1.807, 2.05) is 0 Å². The van der Waals surface area contributed by atoms with Crippen molar-refractivity contribution in [3.05, 3.63) is 29.3 Å². The molecule has 1 spiro atoms. The van der Waals surface area contributed by atoms with Crippen molar-refractivity contribution in [1.82, 2.24) is 0 Å². The predicted molar refractivity (Wildman–Crippen MR) is 70.6 cm³/mol. The van der Waals surface area contributed by atoms with Gasteiger partial charge in [0.05, 0.1) is 6.10 Å². The van der Waals surface area contributed by atoms with E-state index in [9.17, 15) is 4.79 Å². The van der Waals surface area contributed by atoms with Gasteiger partial charge < -0.3 is 4.74 Å². The molecule has 3 aliphatic rings. The molecular formula is C15H16O2S. The lowest BCUT2D eigenvalue weighted by Gasteiger charge is -2.54. The molecule has 0 radical (unpaired) electrons. The Balaban J connectivity index is 1.83. The van der Waals surface area contributed by atoms with Crippen LogP contribution in [0.25, 0.3) is 0 Å². The van der Waals surface area contributed by atoms with Gasteiger partial charge in [0.1, 0.15) is 0 Å². The topological polar surface area (TPSA) is 26.3 Å². The Morgan fingerprint density at radius 1 is 1.33 bits per heavy atom. The Labute approximate surface area is 111 Å². The summed E-state index contributed by atoms with van der Waals surface area (Å²) in [6.07, 6.45) is 5.09. The van der Waals surface area contributed by atoms with E-state index in [0.717, 1.165) is 23.3 Å². The number of carbonyl (C=O) groups is 1. The molecule has 0 aromatic heterocycles. The Bertz CT molecular complexity index is 539. The SMILES string of the molecule is Cc1cccc2c1SC(=O)C21OC2CCCCC21. The third kappa shape index (κ3) is 1.17. The summed E-state index contributed by atoms with van der Waals surface area (Å²) in [6, 6.07) is 6.22. The van der Waals surface area contributed by atoms with Gasteiger partial charge >= 0.3 is 0 Å². The molecule has 3 atom stereocenters. The largest absolute Gasteiger partial charge is 0.357 e. The molecule has 1 aromatic rings. The molecule has 0 bridgehead atoms. The number of aryl methyl sites for hydroxylation is 1. The number of benzene rings is 1. The quantitative estimate of drug-likeness (QED) is 0.715. The molecule has 1 saturated heterocycles. The summed E-state index contributed by atoms with van der Waals surface area (Å²) in [6.45, 7) is 2.08. The lowest BCUT2D eigenvalue weighted by atomic mass is 9.67. The van der Waals surface area contributed by atoms with Crippen LogP contribution in [0.4, 0.5) is 0 Å². The first kappa shape index (κ1) is 11.1. The zero-order chi connectivity index (χ0) is 12.3. The monoisotopic (exact) mass is 260 g/mol. The summed E-state index contributed by atoms with van der Waals surface area (Å²) < 4.78 is 6.11. The first-order valence-electron chi connectivity index (χ1n) is 6.73. The molecule has 1 saturated carbocycles. The van der Waals surface area contributed by atoms with Crippen LogP contribution in [0.3, 0.4) is 0 Å². The molecule has 18 heavy (non-hydrogen) atoms. The average molecular weight is 260 g/mol. The number of ether oxygens (including phenoxy) is 1. The minimum atomic E-state index is -0.586. The second-order valence-corrected chi connectivity index (χ2v) is 6.61. The minimum Gasteiger partial charge on any atom is -0.357 e. The molecular weight excluding hydrogens is 244 g/mol. The van der Waals surface area contributed by atoms with E-state index in [1.54, 1.807) is 0 Å². The summed E-state index contributed by atoms with van der Waals surface area (Å²) in [5, 5.41) is 0.218. The van der Waals surface area contributed by atoms with E-state index in [0.29, 0.717) is 12.0 Å². The standard InChI is InChI=1S/C15H16O2S/c1-9-5-4-7-11-13(9)18-14(16)15(11)10-6-2-3-8-12(10)17-15/h4-5,7,10,12H,2-3,6,8H2,1H3. The van der Waals surface area contributed by atoms with Gasteiger partial charge in [-0.15, -0.1) is 0 Å². The highest BCUT2D eigenvalue weighted by atomic mass is 32.2. The van der Waals surface area contributed by atoms with Gasteiger partial charge in [-0.3, -0.25) is 4.79 Å². The number of hydrogen-bond acceptors (Lipinski definition) is 3. The average Bonchev–Trinajstić information content (AvgIpc) is 2.65. The van der Waals surface area contributed by atoms with E-state index in [4.69, 9.17) is 4.74 Å². The van der Waals surface area contributed by atoms with Crippen molar-refractivity contribution in [1.29, 1.82) is 0 Å². The van der Waals surface area contributed by atoms with E-state index in [2.05, 4.69) is 25.1 Å². The van der Waals surface area contributed by atoms with Crippen molar-refractivity contribution in [2.45, 2.75) is 49.2 Å². The van der Waals surface area contributed by atoms with Crippen LogP contribution in [0.15, 0.2) is 23.1 Å². The Morgan fingerprint density at radius 3 is 3.00 bits per heavy atom. The van der Waals surface area contributed by atoms with Gasteiger partial charge in [-0.25, -0.2) is 0 Å². The zero-order valence-electron chi connectivity index (χ0n) is 10.4. The summed E-state index contributed by atoms with van der Waals surface area (Å²) in [5.74, 6) is 0.425. The van der Waals surface area contributed by atoms with Crippen LogP contribution < -0.4 is 0 Å². The molecule has 2 heterocycles. The number of fused-ring (bicyclic) bond motifs is 4. The van der Waals surface area contributed by atoms with Crippen molar-refractivity contribution < 1.29 is 9.53 Å². The summed E-state index contributed by atoms with van der Waals surface area (Å²) in [5.41, 5.74) is 1.75. The smallest absolute Gasteiger partial charge is 0.230 e. The first-order valence-corrected chi connectivity index (χ1v) is 7.55. The highest BCUT2D eigenvalue weighted by Crippen LogP contribution is 2.61. The van der Waals surface area contributed by atoms with Crippen LogP contribution in [0.5, 0.6) is 0 Å². The van der Waals surface area contributed by atoms with Gasteiger partial charge in [-0.1, -0.05) is 31.0 Å². The van der Waals surface area contributed by atoms with Crippen LogP contribution in [0, 0.1) is 12.8 Å². The van der Waals surface area contributed by atoms with Gasteiger partial charge in [-0.2, -0.15) is 0 Å². The maximum atomic E-state index is 12.5. The number of carbonyl (C=O) groups excluding carboxylic acids is 1. The van der Waals surface area contributed by atoms with Crippen molar-refractivity contribution in [3.63, 3.8) is 0 Å². The lowest BCUT2D eigenvalue weighted by molar-refractivity contribution is -0.261. The van der Waals surface area contributed by atoms with Crippen LogP contribution in [0.1, 0.15) is 36.8 Å². The molecule has 0 N–H and O–H groups in total. The second-order valence-electron chi connectivity index (χ2n) is 5.62. The molecule has 2 aliphatic heterocycles. The number of thioether (sulfide) groups is 1. The zero-order valence-corrected chi connectivity index (χ0v) is 11.3. The van der Waals surface area contributed by atoms with Gasteiger partial charge in [0.25, 0.3) is 0 Å². The Hall–Kier alpha value is -0.800. The van der Waals surface area contributed by atoms with Crippen molar-refractivity contribution >= 4 is 16.9 Å². The molecule has 4 rings (SSSR count). The fourth-order valence-electron chi connectivity index (χ4n) is 3.78. The van der Waals surface area contributed by atoms with Crippen LogP contribution in [-0.2, 0) is 15.1 Å². The third-order valence-corrected chi connectivity index (χ3v) is 5.91. The van der Waals surface area contributed by atoms with Crippen molar-refractivity contribution in [3.8, 4) is 0 Å². The van der Waals surface area contributed by atoms with E-state index in [-0.39, 0.29) is 5.12 Å². The summed E-state index contributed by atoms with van der Waals surface area (Å²) in [7, 11) is 0. The third-order valence-electron chi connectivity index (χ3n) is 4.67. The first-order chi connectivity index (χ1) is 8.73. The van der Waals surface area contributed by atoms with Crippen molar-refractivity contribution in [2.75, 3.05) is 0 Å². The van der Waals surface area contributed by atoms with Gasteiger partial charge in [0, 0.05) is 16.4 Å². The van der Waals surface area contributed by atoms with Gasteiger partial charge in [0.15, 0.2) is 5.60 Å². The number of hydrogen-bond donors (Lipinski definition) is 0. The maximum Gasteiger partial charge on any atom is 0.230 e. The lowest BCUT2D eigenvalue weighted by Crippen LogP contribution is -2.61. The molecule has 3 unspecified atom stereocenters. The van der Waals surface area contributed by atoms with E-state index in [1.165, 1.54) is 30.2 Å². The van der Waals surface area contributed by atoms with Crippen LogP contribution in [-0.4, -0.2) is 11.2 Å². The van der Waals surface area contributed by atoms with E-state index < -0.39 is 5.60 Å². The van der Waals surface area contributed by atoms with Gasteiger partial charge in [-0.05, 0) is 37.1 Å². The van der Waals surface area contributed by atoms with E-state index >= 15 is 0 Å². The highest BCUT2D eigenvalue weighted by Gasteiger charge is 2.64. The molecule has 0 amide bonds. The highest BCUT2D eigenvalue weighted by molar-refractivity contribution is 8.14. The molecule has 94 valence electrons. The maximum absolute atomic E-state index is 12.5. The predicted octanol–water partition coefficient (Wildman–Crippen LogP) is 3.41. The minimum absolute atomic E-state index is 0.218. The molecule has 2 fully saturated rings. The Morgan fingerprint density at radius 2 is 2.17 bits per heavy atom. The fraction of sp³-hybridized carbons (Fsp3) is 0.533.